The molecule has 29 heavy (non-hydrogen) atoms. The number of amides is 1. The topological polar surface area (TPSA) is 87.5 Å². The number of carbonyl (C=O) groups excluding carboxylic acids is 1. The first kappa shape index (κ1) is 23.4. The summed E-state index contributed by atoms with van der Waals surface area (Å²) in [5.74, 6) is 0.754. The molecule has 1 aromatic rings. The minimum atomic E-state index is -0.371. The maximum atomic E-state index is 12.6. The highest BCUT2D eigenvalue weighted by molar-refractivity contribution is 5.95. The summed E-state index contributed by atoms with van der Waals surface area (Å²) in [7, 11) is 0. The maximum Gasteiger partial charge on any atom is 0.293 e. The van der Waals surface area contributed by atoms with Gasteiger partial charge in [-0.2, -0.15) is 0 Å². The maximum absolute atomic E-state index is 12.6. The summed E-state index contributed by atoms with van der Waals surface area (Å²) in [6.45, 7) is 10.7. The first-order chi connectivity index (χ1) is 13.3. The summed E-state index contributed by atoms with van der Waals surface area (Å²) in [6.07, 6.45) is 3.16. The SMILES string of the molecule is CC1CC(C)CN(c2ccc(C(=O)NCC3(C)CCNCC3)cc2[N+](=O)[O-])C1.Cl. The van der Waals surface area contributed by atoms with E-state index in [2.05, 4.69) is 36.3 Å². The Morgan fingerprint density at radius 1 is 1.28 bits per heavy atom. The average molecular weight is 425 g/mol. The molecule has 0 aromatic heterocycles. The van der Waals surface area contributed by atoms with Gasteiger partial charge in [0.2, 0.25) is 0 Å². The van der Waals surface area contributed by atoms with Gasteiger partial charge in [-0.15, -0.1) is 12.4 Å². The Bertz CT molecular complexity index is 727. The van der Waals surface area contributed by atoms with Crippen LogP contribution in [-0.4, -0.2) is 43.6 Å². The zero-order valence-corrected chi connectivity index (χ0v) is 18.4. The van der Waals surface area contributed by atoms with Crippen LogP contribution in [0.2, 0.25) is 0 Å². The number of nitrogens with one attached hydrogen (secondary N) is 2. The molecule has 3 rings (SSSR count). The third kappa shape index (κ3) is 5.82. The van der Waals surface area contributed by atoms with Gasteiger partial charge < -0.3 is 15.5 Å². The molecule has 162 valence electrons. The summed E-state index contributed by atoms with van der Waals surface area (Å²) in [5.41, 5.74) is 1.06. The van der Waals surface area contributed by atoms with E-state index in [1.165, 1.54) is 6.07 Å². The van der Waals surface area contributed by atoms with E-state index in [9.17, 15) is 14.9 Å². The quantitative estimate of drug-likeness (QED) is 0.556. The van der Waals surface area contributed by atoms with Crippen LogP contribution in [0, 0.1) is 27.4 Å². The second kappa shape index (κ2) is 9.76. The molecule has 0 bridgehead atoms. The summed E-state index contributed by atoms with van der Waals surface area (Å²) < 4.78 is 0. The Morgan fingerprint density at radius 3 is 2.48 bits per heavy atom. The van der Waals surface area contributed by atoms with E-state index in [1.54, 1.807) is 12.1 Å². The van der Waals surface area contributed by atoms with E-state index in [-0.39, 0.29) is 34.3 Å². The number of piperidine rings is 2. The van der Waals surface area contributed by atoms with Crippen molar-refractivity contribution in [3.63, 3.8) is 0 Å². The summed E-state index contributed by atoms with van der Waals surface area (Å²) in [6, 6.07) is 4.88. The number of halogens is 1. The van der Waals surface area contributed by atoms with Crippen molar-refractivity contribution in [2.45, 2.75) is 40.0 Å². The molecule has 2 unspecified atom stereocenters. The highest BCUT2D eigenvalue weighted by Gasteiger charge is 2.29. The number of carbonyl (C=O) groups is 1. The van der Waals surface area contributed by atoms with Gasteiger partial charge in [0.25, 0.3) is 11.6 Å². The van der Waals surface area contributed by atoms with E-state index in [0.717, 1.165) is 45.4 Å². The summed E-state index contributed by atoms with van der Waals surface area (Å²) in [4.78, 5) is 26.1. The van der Waals surface area contributed by atoms with Crippen LogP contribution in [0.15, 0.2) is 18.2 Å². The zero-order chi connectivity index (χ0) is 20.3. The molecule has 8 heteroatoms. The van der Waals surface area contributed by atoms with Crippen LogP contribution < -0.4 is 15.5 Å². The van der Waals surface area contributed by atoms with Crippen LogP contribution >= 0.6 is 12.4 Å². The molecule has 2 aliphatic rings. The van der Waals surface area contributed by atoms with Crippen molar-refractivity contribution in [3.8, 4) is 0 Å². The van der Waals surface area contributed by atoms with E-state index >= 15 is 0 Å². The minimum absolute atomic E-state index is 0. The minimum Gasteiger partial charge on any atom is -0.365 e. The van der Waals surface area contributed by atoms with Gasteiger partial charge in [0, 0.05) is 31.3 Å². The van der Waals surface area contributed by atoms with Gasteiger partial charge in [0.05, 0.1) is 4.92 Å². The first-order valence-corrected chi connectivity index (χ1v) is 10.3. The molecule has 7 nitrogen and oxygen atoms in total. The number of nitro benzene ring substituents is 1. The largest absolute Gasteiger partial charge is 0.365 e. The van der Waals surface area contributed by atoms with Crippen molar-refractivity contribution in [2.75, 3.05) is 37.6 Å². The highest BCUT2D eigenvalue weighted by atomic mass is 35.5. The lowest BCUT2D eigenvalue weighted by Crippen LogP contribution is -2.43. The van der Waals surface area contributed by atoms with Crippen molar-refractivity contribution < 1.29 is 9.72 Å². The molecule has 2 heterocycles. The van der Waals surface area contributed by atoms with Gasteiger partial charge >= 0.3 is 0 Å². The van der Waals surface area contributed by atoms with Crippen molar-refractivity contribution >= 4 is 29.7 Å². The molecular formula is C21H33ClN4O3. The van der Waals surface area contributed by atoms with Crippen molar-refractivity contribution in [1.29, 1.82) is 0 Å². The van der Waals surface area contributed by atoms with Crippen LogP contribution in [0.3, 0.4) is 0 Å². The standard InChI is InChI=1S/C21H32N4O3.ClH/c1-15-10-16(2)13-24(12-15)18-5-4-17(11-19(18)25(27)28)20(26)23-14-21(3)6-8-22-9-7-21;/h4-5,11,15-16,22H,6-10,12-14H2,1-3H3,(H,23,26);1H. The molecule has 0 radical (unpaired) electrons. The van der Waals surface area contributed by atoms with Crippen molar-refractivity contribution in [3.05, 3.63) is 33.9 Å². The van der Waals surface area contributed by atoms with E-state index in [1.807, 2.05) is 0 Å². The lowest BCUT2D eigenvalue weighted by molar-refractivity contribution is -0.384. The smallest absolute Gasteiger partial charge is 0.293 e. The van der Waals surface area contributed by atoms with Crippen molar-refractivity contribution in [2.24, 2.45) is 17.3 Å². The fraction of sp³-hybridized carbons (Fsp3) is 0.667. The van der Waals surface area contributed by atoms with Gasteiger partial charge in [-0.1, -0.05) is 20.8 Å². The second-order valence-corrected chi connectivity index (χ2v) is 9.05. The van der Waals surface area contributed by atoms with E-state index in [0.29, 0.717) is 29.6 Å². The van der Waals surface area contributed by atoms with Crippen LogP contribution in [-0.2, 0) is 0 Å². The Balaban J connectivity index is 0.00000300. The van der Waals surface area contributed by atoms with E-state index in [4.69, 9.17) is 0 Å². The summed E-state index contributed by atoms with van der Waals surface area (Å²) in [5, 5.41) is 18.0. The molecule has 1 amide bonds. The lowest BCUT2D eigenvalue weighted by Gasteiger charge is -2.36. The molecule has 2 saturated heterocycles. The van der Waals surface area contributed by atoms with Gasteiger partial charge in [-0.25, -0.2) is 0 Å². The second-order valence-electron chi connectivity index (χ2n) is 9.05. The van der Waals surface area contributed by atoms with Crippen LogP contribution in [0.25, 0.3) is 0 Å². The Morgan fingerprint density at radius 2 is 1.90 bits per heavy atom. The van der Waals surface area contributed by atoms with Crippen molar-refractivity contribution in [1.82, 2.24) is 10.6 Å². The molecule has 2 N–H and O–H groups in total. The number of anilines is 1. The van der Waals surface area contributed by atoms with E-state index < -0.39 is 0 Å². The Hall–Kier alpha value is -1.86. The lowest BCUT2D eigenvalue weighted by atomic mass is 9.81. The summed E-state index contributed by atoms with van der Waals surface area (Å²) >= 11 is 0. The molecule has 2 fully saturated rings. The van der Waals surface area contributed by atoms with Crippen LogP contribution in [0.5, 0.6) is 0 Å². The van der Waals surface area contributed by atoms with Crippen LogP contribution in [0.1, 0.15) is 50.4 Å². The average Bonchev–Trinajstić information content (AvgIpc) is 2.65. The highest BCUT2D eigenvalue weighted by Crippen LogP contribution is 2.34. The predicted octanol–water partition coefficient (Wildman–Crippen LogP) is 3.62. The number of hydrogen-bond donors (Lipinski definition) is 2. The number of nitrogens with zero attached hydrogens (tertiary/aromatic N) is 2. The normalized spacial score (nSPS) is 23.8. The third-order valence-corrected chi connectivity index (χ3v) is 6.13. The molecule has 2 atom stereocenters. The molecule has 0 saturated carbocycles. The third-order valence-electron chi connectivity index (χ3n) is 6.13. The zero-order valence-electron chi connectivity index (χ0n) is 17.6. The monoisotopic (exact) mass is 424 g/mol. The van der Waals surface area contributed by atoms with Gasteiger partial charge in [-0.3, -0.25) is 14.9 Å². The molecule has 2 aliphatic heterocycles. The number of hydrogen-bond acceptors (Lipinski definition) is 5. The molecule has 1 aromatic carbocycles. The fourth-order valence-electron chi connectivity index (χ4n) is 4.54. The number of rotatable bonds is 5. The van der Waals surface area contributed by atoms with Gasteiger partial charge in [0.1, 0.15) is 5.69 Å². The Kier molecular flexibility index (Phi) is 7.88. The Labute approximate surface area is 179 Å². The fourth-order valence-corrected chi connectivity index (χ4v) is 4.54. The molecular weight excluding hydrogens is 392 g/mol. The number of benzene rings is 1. The number of nitro groups is 1. The van der Waals surface area contributed by atoms with Gasteiger partial charge in [0.15, 0.2) is 0 Å². The molecule has 0 aliphatic carbocycles. The molecule has 0 spiro atoms. The predicted molar refractivity (Wildman–Crippen MR) is 118 cm³/mol. The van der Waals surface area contributed by atoms with Gasteiger partial charge in [-0.05, 0) is 61.7 Å². The first-order valence-electron chi connectivity index (χ1n) is 10.3. The van der Waals surface area contributed by atoms with Crippen LogP contribution in [0.4, 0.5) is 11.4 Å².